The Morgan fingerprint density at radius 2 is 2.08 bits per heavy atom. The van der Waals surface area contributed by atoms with Gasteiger partial charge in [-0.15, -0.1) is 0 Å². The maximum atomic E-state index is 13.8. The zero-order valence-electron chi connectivity index (χ0n) is 12.8. The van der Waals surface area contributed by atoms with Crippen LogP contribution in [0.5, 0.6) is 0 Å². The van der Waals surface area contributed by atoms with Crippen molar-refractivity contribution in [2.24, 2.45) is 0 Å². The van der Waals surface area contributed by atoms with Gasteiger partial charge in [-0.25, -0.2) is 4.39 Å². The first-order chi connectivity index (χ1) is 12.0. The van der Waals surface area contributed by atoms with Gasteiger partial charge in [0.1, 0.15) is 21.7 Å². The molecule has 1 amide bonds. The van der Waals surface area contributed by atoms with Gasteiger partial charge in [0.15, 0.2) is 0 Å². The average molecular weight is 377 g/mol. The summed E-state index contributed by atoms with van der Waals surface area (Å²) in [6.07, 6.45) is 1.34. The molecule has 0 aliphatic carbocycles. The molecule has 0 spiro atoms. The molecule has 0 saturated carbocycles. The van der Waals surface area contributed by atoms with E-state index >= 15 is 0 Å². The average Bonchev–Trinajstić information content (AvgIpc) is 3.12. The summed E-state index contributed by atoms with van der Waals surface area (Å²) >= 11 is 6.19. The van der Waals surface area contributed by atoms with Crippen LogP contribution < -0.4 is 0 Å². The van der Waals surface area contributed by atoms with Gasteiger partial charge in [0.25, 0.3) is 5.91 Å². The molecule has 2 heterocycles. The number of aliphatic carboxylic acids is 1. The SMILES string of the molecule is O=C(O)CCN1C(=O)C(=Cc2ccc(-c3ccccc3F)o2)SC1=S. The fraction of sp³-hybridized carbons (Fsp3) is 0.118. The van der Waals surface area contributed by atoms with E-state index < -0.39 is 11.8 Å². The number of thioether (sulfide) groups is 1. The molecular formula is C17H12FNO4S2. The monoisotopic (exact) mass is 377 g/mol. The summed E-state index contributed by atoms with van der Waals surface area (Å²) in [5, 5.41) is 8.73. The second-order valence-electron chi connectivity index (χ2n) is 5.16. The van der Waals surface area contributed by atoms with Crippen molar-refractivity contribution in [1.82, 2.24) is 4.90 Å². The molecule has 25 heavy (non-hydrogen) atoms. The van der Waals surface area contributed by atoms with Crippen molar-refractivity contribution in [2.45, 2.75) is 6.42 Å². The van der Waals surface area contributed by atoms with Crippen LogP contribution in [0.1, 0.15) is 12.2 Å². The van der Waals surface area contributed by atoms with Crippen LogP contribution in [0.2, 0.25) is 0 Å². The van der Waals surface area contributed by atoms with Crippen LogP contribution in [-0.4, -0.2) is 32.7 Å². The van der Waals surface area contributed by atoms with Crippen LogP contribution in [0.4, 0.5) is 4.39 Å². The highest BCUT2D eigenvalue weighted by atomic mass is 32.2. The van der Waals surface area contributed by atoms with Crippen LogP contribution >= 0.6 is 24.0 Å². The van der Waals surface area contributed by atoms with Crippen molar-refractivity contribution in [3.8, 4) is 11.3 Å². The zero-order chi connectivity index (χ0) is 18.0. The number of hydrogen-bond acceptors (Lipinski definition) is 5. The Bertz CT molecular complexity index is 890. The summed E-state index contributed by atoms with van der Waals surface area (Å²) in [5.41, 5.74) is 0.330. The summed E-state index contributed by atoms with van der Waals surface area (Å²) in [4.78, 5) is 24.6. The third-order valence-electron chi connectivity index (χ3n) is 3.46. The molecule has 2 aromatic rings. The predicted octanol–water partition coefficient (Wildman–Crippen LogP) is 3.76. The number of carbonyl (C=O) groups is 2. The van der Waals surface area contributed by atoms with Gasteiger partial charge >= 0.3 is 5.97 Å². The van der Waals surface area contributed by atoms with Gasteiger partial charge in [0.05, 0.1) is 16.9 Å². The molecule has 1 saturated heterocycles. The predicted molar refractivity (Wildman–Crippen MR) is 96.2 cm³/mol. The molecule has 3 rings (SSSR count). The largest absolute Gasteiger partial charge is 0.481 e. The smallest absolute Gasteiger partial charge is 0.305 e. The Balaban J connectivity index is 1.80. The second-order valence-corrected chi connectivity index (χ2v) is 6.83. The van der Waals surface area contributed by atoms with Gasteiger partial charge in [-0.05, 0) is 24.3 Å². The first kappa shape index (κ1) is 17.4. The molecule has 5 nitrogen and oxygen atoms in total. The minimum Gasteiger partial charge on any atom is -0.481 e. The number of rotatable bonds is 5. The number of benzene rings is 1. The first-order valence-electron chi connectivity index (χ1n) is 7.27. The Hall–Kier alpha value is -2.45. The van der Waals surface area contributed by atoms with Gasteiger partial charge in [-0.3, -0.25) is 14.5 Å². The topological polar surface area (TPSA) is 70.8 Å². The van der Waals surface area contributed by atoms with E-state index in [1.807, 2.05) is 0 Å². The highest BCUT2D eigenvalue weighted by Crippen LogP contribution is 2.34. The molecule has 1 aromatic carbocycles. The van der Waals surface area contributed by atoms with Gasteiger partial charge in [-0.2, -0.15) is 0 Å². The fourth-order valence-corrected chi connectivity index (χ4v) is 3.55. The van der Waals surface area contributed by atoms with Gasteiger partial charge in [-0.1, -0.05) is 36.1 Å². The van der Waals surface area contributed by atoms with Crippen molar-refractivity contribution >= 4 is 46.3 Å². The second kappa shape index (κ2) is 7.20. The summed E-state index contributed by atoms with van der Waals surface area (Å²) < 4.78 is 19.7. The summed E-state index contributed by atoms with van der Waals surface area (Å²) in [7, 11) is 0. The van der Waals surface area contributed by atoms with E-state index in [9.17, 15) is 14.0 Å². The van der Waals surface area contributed by atoms with E-state index in [4.69, 9.17) is 21.7 Å². The lowest BCUT2D eigenvalue weighted by Crippen LogP contribution is -2.30. The van der Waals surface area contributed by atoms with Gasteiger partial charge in [0.2, 0.25) is 0 Å². The van der Waals surface area contributed by atoms with Crippen LogP contribution in [0.15, 0.2) is 45.7 Å². The Kier molecular flexibility index (Phi) is 5.00. The molecule has 1 fully saturated rings. The van der Waals surface area contributed by atoms with Gasteiger partial charge in [0, 0.05) is 12.6 Å². The zero-order valence-corrected chi connectivity index (χ0v) is 14.4. The number of nitrogens with zero attached hydrogens (tertiary/aromatic N) is 1. The lowest BCUT2D eigenvalue weighted by molar-refractivity contribution is -0.137. The summed E-state index contributed by atoms with van der Waals surface area (Å²) in [6, 6.07) is 9.48. The number of carboxylic acids is 1. The number of furan rings is 1. The number of amides is 1. The fourth-order valence-electron chi connectivity index (χ4n) is 2.27. The molecule has 0 bridgehead atoms. The minimum absolute atomic E-state index is 0.0238. The normalized spacial score (nSPS) is 16.0. The molecule has 1 N–H and O–H groups in total. The van der Waals surface area contributed by atoms with Gasteiger partial charge < -0.3 is 9.52 Å². The first-order valence-corrected chi connectivity index (χ1v) is 8.50. The van der Waals surface area contributed by atoms with E-state index in [1.54, 1.807) is 30.3 Å². The molecule has 0 atom stereocenters. The standard InChI is InChI=1S/C17H12FNO4S2/c18-12-4-2-1-3-11(12)13-6-5-10(23-13)9-14-16(22)19(17(24)25-14)8-7-15(20)21/h1-6,9H,7-8H2,(H,20,21). The maximum Gasteiger partial charge on any atom is 0.305 e. The van der Waals surface area contributed by atoms with Crippen molar-refractivity contribution in [2.75, 3.05) is 6.54 Å². The van der Waals surface area contributed by atoms with E-state index in [1.165, 1.54) is 17.0 Å². The van der Waals surface area contributed by atoms with E-state index in [-0.39, 0.29) is 18.9 Å². The number of hydrogen-bond donors (Lipinski definition) is 1. The molecule has 0 radical (unpaired) electrons. The quantitative estimate of drug-likeness (QED) is 0.632. The maximum absolute atomic E-state index is 13.8. The summed E-state index contributed by atoms with van der Waals surface area (Å²) in [5.74, 6) is -1.02. The van der Waals surface area contributed by atoms with Crippen molar-refractivity contribution in [3.05, 3.63) is 52.9 Å². The molecule has 1 aliphatic heterocycles. The molecule has 128 valence electrons. The number of thiocarbonyl (C=S) groups is 1. The lowest BCUT2D eigenvalue weighted by Gasteiger charge is -2.12. The van der Waals surface area contributed by atoms with Crippen LogP contribution in [-0.2, 0) is 9.59 Å². The van der Waals surface area contributed by atoms with E-state index in [0.717, 1.165) is 11.8 Å². The van der Waals surface area contributed by atoms with Crippen LogP contribution in [0.25, 0.3) is 17.4 Å². The van der Waals surface area contributed by atoms with Crippen LogP contribution in [0.3, 0.4) is 0 Å². The van der Waals surface area contributed by atoms with E-state index in [0.29, 0.717) is 26.3 Å². The third kappa shape index (κ3) is 3.80. The Morgan fingerprint density at radius 1 is 1.32 bits per heavy atom. The summed E-state index contributed by atoms with van der Waals surface area (Å²) in [6.45, 7) is 0.0238. The van der Waals surface area contributed by atoms with Crippen LogP contribution in [0, 0.1) is 5.82 Å². The van der Waals surface area contributed by atoms with Crippen molar-refractivity contribution in [1.29, 1.82) is 0 Å². The highest BCUT2D eigenvalue weighted by molar-refractivity contribution is 8.26. The number of halogens is 1. The Morgan fingerprint density at radius 3 is 2.80 bits per heavy atom. The van der Waals surface area contributed by atoms with E-state index in [2.05, 4.69) is 0 Å². The number of carboxylic acid groups (broad SMARTS) is 1. The molecule has 8 heteroatoms. The Labute approximate surface area is 152 Å². The third-order valence-corrected chi connectivity index (χ3v) is 4.84. The van der Waals surface area contributed by atoms with Crippen molar-refractivity contribution < 1.29 is 23.5 Å². The lowest BCUT2D eigenvalue weighted by atomic mass is 10.1. The van der Waals surface area contributed by atoms with Crippen molar-refractivity contribution in [3.63, 3.8) is 0 Å². The molecule has 1 aliphatic rings. The highest BCUT2D eigenvalue weighted by Gasteiger charge is 2.32. The molecular weight excluding hydrogens is 365 g/mol. The minimum atomic E-state index is -1.00. The molecule has 1 aromatic heterocycles. The molecule has 0 unspecified atom stereocenters. The number of carbonyl (C=O) groups excluding carboxylic acids is 1.